The Labute approximate surface area is 135 Å². The molecule has 0 heterocycles. The maximum atomic E-state index is 11.4. The first kappa shape index (κ1) is 17.8. The first-order valence-corrected chi connectivity index (χ1v) is 9.15. The second-order valence-corrected chi connectivity index (χ2v) is 7.66. The molecule has 0 radical (unpaired) electrons. The van der Waals surface area contributed by atoms with Crippen LogP contribution in [0.1, 0.15) is 56.6 Å². The summed E-state index contributed by atoms with van der Waals surface area (Å²) in [6.45, 7) is 5.72. The lowest BCUT2D eigenvalue weighted by molar-refractivity contribution is 0.119. The Morgan fingerprint density at radius 3 is 2.30 bits per heavy atom. The number of hydrogen-bond donors (Lipinski definition) is 0. The van der Waals surface area contributed by atoms with E-state index in [1.165, 1.54) is 12.8 Å². The molecule has 0 unspecified atom stereocenters. The van der Waals surface area contributed by atoms with Gasteiger partial charge in [0, 0.05) is 9.89 Å². The number of hydrogen-bond acceptors (Lipinski definition) is 5. The number of nitroso groups, excluding NO2 is 2. The molecular formula is C15H21N2O5P. The normalized spacial score (nSPS) is 16.2. The fourth-order valence-corrected chi connectivity index (χ4v) is 2.93. The molecule has 1 aliphatic rings. The average Bonchev–Trinajstić information content (AvgIpc) is 3.38. The third-order valence-corrected chi connectivity index (χ3v) is 5.00. The van der Waals surface area contributed by atoms with Crippen molar-refractivity contribution < 1.29 is 13.8 Å². The topological polar surface area (TPSA) is 94.4 Å². The lowest BCUT2D eigenvalue weighted by Gasteiger charge is -2.21. The summed E-state index contributed by atoms with van der Waals surface area (Å²) in [6, 6.07) is 5.94. The summed E-state index contributed by atoms with van der Waals surface area (Å²) in [5.74, 6) is 1.85. The molecule has 126 valence electrons. The van der Waals surface area contributed by atoms with Gasteiger partial charge in [-0.05, 0) is 41.7 Å². The fourth-order valence-electron chi connectivity index (χ4n) is 2.62. The van der Waals surface area contributed by atoms with E-state index in [0.29, 0.717) is 17.6 Å². The molecule has 1 atom stereocenters. The van der Waals surface area contributed by atoms with Gasteiger partial charge in [-0.1, -0.05) is 39.0 Å². The first-order chi connectivity index (χ1) is 10.9. The Hall–Kier alpha value is -1.59. The molecule has 1 aliphatic carbocycles. The minimum atomic E-state index is -4.39. The van der Waals surface area contributed by atoms with E-state index < -0.39 is 14.5 Å². The Bertz CT molecular complexity index is 618. The Morgan fingerprint density at radius 1 is 1.17 bits per heavy atom. The minimum Gasteiger partial charge on any atom is -0.466 e. The highest BCUT2D eigenvalue weighted by atomic mass is 31.2. The summed E-state index contributed by atoms with van der Waals surface area (Å²) in [7, 11) is -4.39. The monoisotopic (exact) mass is 340 g/mol. The fraction of sp³-hybridized carbons (Fsp3) is 0.600. The molecule has 1 saturated carbocycles. The van der Waals surface area contributed by atoms with Crippen LogP contribution in [0, 0.1) is 15.7 Å². The molecule has 1 aromatic rings. The second kappa shape index (κ2) is 7.32. The average molecular weight is 340 g/mol. The van der Waals surface area contributed by atoms with Gasteiger partial charge < -0.3 is 4.74 Å². The molecule has 0 N–H and O–H groups in total. The van der Waals surface area contributed by atoms with Crippen LogP contribution < -0.4 is 4.74 Å². The molecule has 23 heavy (non-hydrogen) atoms. The Morgan fingerprint density at radius 2 is 1.78 bits per heavy atom. The van der Waals surface area contributed by atoms with E-state index >= 15 is 0 Å². The molecule has 2 rings (SSSR count). The van der Waals surface area contributed by atoms with Crippen molar-refractivity contribution in [2.75, 3.05) is 6.79 Å². The highest BCUT2D eigenvalue weighted by Gasteiger charge is 2.32. The van der Waals surface area contributed by atoms with Crippen molar-refractivity contribution in [3.05, 3.63) is 39.1 Å². The van der Waals surface area contributed by atoms with Crippen molar-refractivity contribution in [2.45, 2.75) is 45.4 Å². The van der Waals surface area contributed by atoms with E-state index in [9.17, 15) is 14.4 Å². The number of ether oxygens (including phenoxy) is 1. The summed E-state index contributed by atoms with van der Waals surface area (Å²) in [4.78, 5) is 25.0. The lowest BCUT2D eigenvalue weighted by Crippen LogP contribution is -2.08. The van der Waals surface area contributed by atoms with Gasteiger partial charge in [0.2, 0.25) is 0 Å². The van der Waals surface area contributed by atoms with E-state index in [-0.39, 0.29) is 5.92 Å². The van der Waals surface area contributed by atoms with Gasteiger partial charge in [-0.15, -0.1) is 9.81 Å². The van der Waals surface area contributed by atoms with Crippen molar-refractivity contribution in [1.82, 2.24) is 0 Å². The predicted octanol–water partition coefficient (Wildman–Crippen LogP) is 5.32. The van der Waals surface area contributed by atoms with Crippen LogP contribution in [0.15, 0.2) is 28.1 Å². The van der Waals surface area contributed by atoms with Gasteiger partial charge in [0.1, 0.15) is 5.75 Å². The number of rotatable bonds is 9. The third kappa shape index (κ3) is 4.24. The zero-order valence-electron chi connectivity index (χ0n) is 13.5. The Kier molecular flexibility index (Phi) is 5.65. The largest absolute Gasteiger partial charge is 0.507 e. The highest BCUT2D eigenvalue weighted by Crippen LogP contribution is 2.50. The molecule has 1 aromatic carbocycles. The first-order valence-electron chi connectivity index (χ1n) is 7.62. The summed E-state index contributed by atoms with van der Waals surface area (Å²) in [6.07, 6.45) is 2.39. The zero-order chi connectivity index (χ0) is 17.0. The van der Waals surface area contributed by atoms with Crippen LogP contribution in [0.3, 0.4) is 0 Å². The van der Waals surface area contributed by atoms with Gasteiger partial charge in [-0.2, -0.15) is 0 Å². The van der Waals surface area contributed by atoms with Crippen LogP contribution in [-0.4, -0.2) is 6.79 Å². The zero-order valence-corrected chi connectivity index (χ0v) is 14.4. The molecule has 7 nitrogen and oxygen atoms in total. The number of benzene rings is 1. The lowest BCUT2D eigenvalue weighted by atomic mass is 9.90. The highest BCUT2D eigenvalue weighted by molar-refractivity contribution is 7.55. The summed E-state index contributed by atoms with van der Waals surface area (Å²) >= 11 is 0. The van der Waals surface area contributed by atoms with Crippen LogP contribution in [0.25, 0.3) is 0 Å². The smallest absolute Gasteiger partial charge is 0.466 e. The van der Waals surface area contributed by atoms with Gasteiger partial charge in [0.05, 0.1) is 0 Å². The second-order valence-electron chi connectivity index (χ2n) is 6.09. The third-order valence-electron chi connectivity index (χ3n) is 4.15. The van der Waals surface area contributed by atoms with Crippen LogP contribution in [0.4, 0.5) is 0 Å². The summed E-state index contributed by atoms with van der Waals surface area (Å²) in [5, 5.41) is 0. The van der Waals surface area contributed by atoms with Gasteiger partial charge >= 0.3 is 7.67 Å². The van der Waals surface area contributed by atoms with E-state index in [2.05, 4.69) is 21.3 Å². The van der Waals surface area contributed by atoms with Gasteiger partial charge in [-0.3, -0.25) is 4.52 Å². The maximum Gasteiger partial charge on any atom is 0.507 e. The standard InChI is InChI=1S/C15H21N2O5P/c1-10(2)13-5-4-6-14(11(3)12-7-8-12)15(13)21-9-22-23(20,16-18)17-19/h4-6,10-12H,7-9H2,1-3H3/t11-/m0/s1. The molecule has 8 heteroatoms. The van der Waals surface area contributed by atoms with Gasteiger partial charge in [0.25, 0.3) is 0 Å². The van der Waals surface area contributed by atoms with Crippen LogP contribution in [0.2, 0.25) is 0 Å². The predicted molar refractivity (Wildman–Crippen MR) is 87.4 cm³/mol. The summed E-state index contributed by atoms with van der Waals surface area (Å²) < 4.78 is 21.7. The quantitative estimate of drug-likeness (QED) is 0.344. The van der Waals surface area contributed by atoms with Crippen molar-refractivity contribution in [3.8, 4) is 5.75 Å². The Balaban J connectivity index is 2.22. The van der Waals surface area contributed by atoms with Crippen LogP contribution in [0.5, 0.6) is 5.75 Å². The van der Waals surface area contributed by atoms with E-state index in [1.807, 2.05) is 32.0 Å². The minimum absolute atomic E-state index is 0.219. The van der Waals surface area contributed by atoms with Crippen molar-refractivity contribution in [1.29, 1.82) is 0 Å². The van der Waals surface area contributed by atoms with Crippen molar-refractivity contribution in [3.63, 3.8) is 0 Å². The molecule has 0 aromatic heterocycles. The van der Waals surface area contributed by atoms with Crippen molar-refractivity contribution >= 4 is 7.67 Å². The van der Waals surface area contributed by atoms with Crippen LogP contribution >= 0.6 is 7.67 Å². The van der Waals surface area contributed by atoms with E-state index in [0.717, 1.165) is 11.1 Å². The number of nitrogens with zero attached hydrogens (tertiary/aromatic N) is 2. The SMILES string of the molecule is CC(C)c1cccc([C@@H](C)C2CC2)c1OCOP(=O)(N=O)N=O. The summed E-state index contributed by atoms with van der Waals surface area (Å²) in [5.41, 5.74) is 2.04. The van der Waals surface area contributed by atoms with E-state index in [1.54, 1.807) is 0 Å². The number of para-hydroxylation sites is 1. The van der Waals surface area contributed by atoms with Crippen molar-refractivity contribution in [2.24, 2.45) is 15.8 Å². The molecule has 0 spiro atoms. The molecular weight excluding hydrogens is 319 g/mol. The molecule has 0 saturated heterocycles. The van der Waals surface area contributed by atoms with Gasteiger partial charge in [0.15, 0.2) is 6.79 Å². The van der Waals surface area contributed by atoms with Crippen LogP contribution in [-0.2, 0) is 9.09 Å². The molecule has 1 fully saturated rings. The maximum absolute atomic E-state index is 11.4. The van der Waals surface area contributed by atoms with Gasteiger partial charge in [-0.25, -0.2) is 4.57 Å². The molecule has 0 amide bonds. The molecule has 0 aliphatic heterocycles. The van der Waals surface area contributed by atoms with E-state index in [4.69, 9.17) is 4.74 Å². The molecule has 0 bridgehead atoms.